The van der Waals surface area contributed by atoms with Crippen molar-refractivity contribution in [3.05, 3.63) is 0 Å². The third-order valence-corrected chi connectivity index (χ3v) is 3.60. The average molecular weight is 257 g/mol. The summed E-state index contributed by atoms with van der Waals surface area (Å²) < 4.78 is 0. The SMILES string of the molecule is CCNCC(C)CN(CC)CCCN(CC)CC. The smallest absolute Gasteiger partial charge is 0.00190 e. The van der Waals surface area contributed by atoms with Gasteiger partial charge in [0, 0.05) is 6.54 Å². The molecule has 0 amide bonds. The van der Waals surface area contributed by atoms with Crippen LogP contribution in [0.4, 0.5) is 0 Å². The van der Waals surface area contributed by atoms with Crippen molar-refractivity contribution < 1.29 is 0 Å². The zero-order valence-corrected chi connectivity index (χ0v) is 13.3. The summed E-state index contributed by atoms with van der Waals surface area (Å²) in [5.74, 6) is 0.748. The van der Waals surface area contributed by atoms with Crippen molar-refractivity contribution in [2.75, 3.05) is 52.4 Å². The lowest BCUT2D eigenvalue weighted by atomic mass is 10.1. The summed E-state index contributed by atoms with van der Waals surface area (Å²) in [7, 11) is 0. The van der Waals surface area contributed by atoms with Crippen LogP contribution >= 0.6 is 0 Å². The molecule has 1 unspecified atom stereocenters. The van der Waals surface area contributed by atoms with Crippen LogP contribution in [0, 0.1) is 5.92 Å². The molecule has 0 aliphatic carbocycles. The molecule has 3 heteroatoms. The van der Waals surface area contributed by atoms with E-state index in [1.54, 1.807) is 0 Å². The minimum atomic E-state index is 0.748. The van der Waals surface area contributed by atoms with Crippen molar-refractivity contribution in [1.82, 2.24) is 15.1 Å². The molecular formula is C15H35N3. The van der Waals surface area contributed by atoms with Crippen LogP contribution in [0.25, 0.3) is 0 Å². The van der Waals surface area contributed by atoms with Crippen LogP contribution in [0.5, 0.6) is 0 Å². The number of rotatable bonds is 12. The quantitative estimate of drug-likeness (QED) is 0.579. The zero-order valence-electron chi connectivity index (χ0n) is 13.3. The highest BCUT2D eigenvalue weighted by molar-refractivity contribution is 4.65. The molecular weight excluding hydrogens is 222 g/mol. The standard InChI is InChI=1S/C15H35N3/c1-6-16-13-15(5)14-18(9-4)12-10-11-17(7-2)8-3/h15-16H,6-14H2,1-5H3. The van der Waals surface area contributed by atoms with E-state index in [9.17, 15) is 0 Å². The largest absolute Gasteiger partial charge is 0.317 e. The molecule has 0 aromatic rings. The van der Waals surface area contributed by atoms with Gasteiger partial charge in [0.25, 0.3) is 0 Å². The predicted molar refractivity (Wildman–Crippen MR) is 82.2 cm³/mol. The first kappa shape index (κ1) is 17.9. The van der Waals surface area contributed by atoms with Crippen molar-refractivity contribution in [2.24, 2.45) is 5.92 Å². The fourth-order valence-corrected chi connectivity index (χ4v) is 2.33. The molecule has 0 spiro atoms. The lowest BCUT2D eigenvalue weighted by Gasteiger charge is -2.26. The maximum atomic E-state index is 3.44. The van der Waals surface area contributed by atoms with E-state index < -0.39 is 0 Å². The Hall–Kier alpha value is -0.120. The Morgan fingerprint density at radius 1 is 0.889 bits per heavy atom. The van der Waals surface area contributed by atoms with Gasteiger partial charge in [0.1, 0.15) is 0 Å². The van der Waals surface area contributed by atoms with Crippen molar-refractivity contribution in [1.29, 1.82) is 0 Å². The van der Waals surface area contributed by atoms with E-state index in [-0.39, 0.29) is 0 Å². The van der Waals surface area contributed by atoms with E-state index in [0.29, 0.717) is 0 Å². The van der Waals surface area contributed by atoms with Gasteiger partial charge in [-0.2, -0.15) is 0 Å². The van der Waals surface area contributed by atoms with Crippen LogP contribution in [0.15, 0.2) is 0 Å². The van der Waals surface area contributed by atoms with Gasteiger partial charge in [-0.3, -0.25) is 0 Å². The molecule has 0 rings (SSSR count). The Labute approximate surface area is 115 Å². The predicted octanol–water partition coefficient (Wildman–Crippen LogP) is 2.29. The number of hydrogen-bond acceptors (Lipinski definition) is 3. The molecule has 110 valence electrons. The Morgan fingerprint density at radius 2 is 1.44 bits per heavy atom. The highest BCUT2D eigenvalue weighted by Crippen LogP contribution is 2.01. The van der Waals surface area contributed by atoms with E-state index >= 15 is 0 Å². The van der Waals surface area contributed by atoms with E-state index in [1.807, 2.05) is 0 Å². The Bertz CT molecular complexity index is 169. The molecule has 1 atom stereocenters. The molecule has 0 aromatic carbocycles. The molecule has 0 aromatic heterocycles. The summed E-state index contributed by atoms with van der Waals surface area (Å²) in [4.78, 5) is 5.10. The van der Waals surface area contributed by atoms with Crippen LogP contribution in [-0.2, 0) is 0 Å². The van der Waals surface area contributed by atoms with Crippen molar-refractivity contribution in [2.45, 2.75) is 41.0 Å². The van der Waals surface area contributed by atoms with E-state index in [4.69, 9.17) is 0 Å². The van der Waals surface area contributed by atoms with Crippen molar-refractivity contribution in [3.8, 4) is 0 Å². The molecule has 18 heavy (non-hydrogen) atoms. The van der Waals surface area contributed by atoms with Crippen LogP contribution in [0.2, 0.25) is 0 Å². The summed E-state index contributed by atoms with van der Waals surface area (Å²) in [6.45, 7) is 20.8. The van der Waals surface area contributed by atoms with Gasteiger partial charge in [0.15, 0.2) is 0 Å². The van der Waals surface area contributed by atoms with E-state index in [0.717, 1.165) is 19.0 Å². The van der Waals surface area contributed by atoms with Gasteiger partial charge >= 0.3 is 0 Å². The zero-order chi connectivity index (χ0) is 13.8. The third-order valence-electron chi connectivity index (χ3n) is 3.60. The van der Waals surface area contributed by atoms with Crippen molar-refractivity contribution >= 4 is 0 Å². The van der Waals surface area contributed by atoms with E-state index in [1.165, 1.54) is 45.7 Å². The van der Waals surface area contributed by atoms with Gasteiger partial charge in [-0.1, -0.05) is 34.6 Å². The number of nitrogens with zero attached hydrogens (tertiary/aromatic N) is 2. The topological polar surface area (TPSA) is 18.5 Å². The molecule has 1 N–H and O–H groups in total. The normalized spacial score (nSPS) is 13.5. The molecule has 0 aliphatic rings. The van der Waals surface area contributed by atoms with Gasteiger partial charge < -0.3 is 15.1 Å². The molecule has 0 aliphatic heterocycles. The lowest BCUT2D eigenvalue weighted by molar-refractivity contribution is 0.220. The first-order chi connectivity index (χ1) is 8.67. The second-order valence-electron chi connectivity index (χ2n) is 5.19. The van der Waals surface area contributed by atoms with Crippen molar-refractivity contribution in [3.63, 3.8) is 0 Å². The first-order valence-corrected chi connectivity index (χ1v) is 7.83. The summed E-state index contributed by atoms with van der Waals surface area (Å²) >= 11 is 0. The molecule has 0 saturated heterocycles. The lowest BCUT2D eigenvalue weighted by Crippen LogP contribution is -2.35. The Kier molecular flexibility index (Phi) is 11.9. The van der Waals surface area contributed by atoms with E-state index in [2.05, 4.69) is 49.7 Å². The Balaban J connectivity index is 3.75. The van der Waals surface area contributed by atoms with Crippen LogP contribution in [0.3, 0.4) is 0 Å². The minimum Gasteiger partial charge on any atom is -0.317 e. The summed E-state index contributed by atoms with van der Waals surface area (Å²) in [5.41, 5.74) is 0. The number of hydrogen-bond donors (Lipinski definition) is 1. The van der Waals surface area contributed by atoms with Crippen LogP contribution in [-0.4, -0.2) is 62.2 Å². The number of nitrogens with one attached hydrogen (secondary N) is 1. The molecule has 0 saturated carbocycles. The minimum absolute atomic E-state index is 0.748. The maximum Gasteiger partial charge on any atom is 0.00190 e. The Morgan fingerprint density at radius 3 is 1.94 bits per heavy atom. The summed E-state index contributed by atoms with van der Waals surface area (Å²) in [6.07, 6.45) is 1.30. The van der Waals surface area contributed by atoms with Gasteiger partial charge in [0.2, 0.25) is 0 Å². The van der Waals surface area contributed by atoms with Crippen LogP contribution in [0.1, 0.15) is 41.0 Å². The van der Waals surface area contributed by atoms with Gasteiger partial charge in [-0.25, -0.2) is 0 Å². The summed E-state index contributed by atoms with van der Waals surface area (Å²) in [5, 5.41) is 3.44. The fraction of sp³-hybridized carbons (Fsp3) is 1.00. The highest BCUT2D eigenvalue weighted by Gasteiger charge is 2.08. The van der Waals surface area contributed by atoms with Crippen LogP contribution < -0.4 is 5.32 Å². The van der Waals surface area contributed by atoms with Gasteiger partial charge in [0.05, 0.1) is 0 Å². The molecule has 3 nitrogen and oxygen atoms in total. The molecule has 0 radical (unpaired) electrons. The second-order valence-corrected chi connectivity index (χ2v) is 5.19. The first-order valence-electron chi connectivity index (χ1n) is 7.83. The third kappa shape index (κ3) is 8.90. The van der Waals surface area contributed by atoms with Gasteiger partial charge in [-0.05, 0) is 58.2 Å². The fourth-order valence-electron chi connectivity index (χ4n) is 2.33. The summed E-state index contributed by atoms with van der Waals surface area (Å²) in [6, 6.07) is 0. The molecule has 0 bridgehead atoms. The maximum absolute atomic E-state index is 3.44. The average Bonchev–Trinajstić information content (AvgIpc) is 2.39. The molecule has 0 fully saturated rings. The monoisotopic (exact) mass is 257 g/mol. The molecule has 0 heterocycles. The van der Waals surface area contributed by atoms with Gasteiger partial charge in [-0.15, -0.1) is 0 Å². The second kappa shape index (κ2) is 11.9. The highest BCUT2D eigenvalue weighted by atomic mass is 15.1.